The standard InChI is InChI=1S/C11H19N2O/c1-4-6-11(14)9-12-7-5-8-13(12)10(2)3/h5,7-8,10H,4,6,9H2,1-3H3/q+1. The van der Waals surface area contributed by atoms with E-state index in [4.69, 9.17) is 0 Å². The van der Waals surface area contributed by atoms with Crippen molar-refractivity contribution in [2.24, 2.45) is 0 Å². The van der Waals surface area contributed by atoms with Crippen molar-refractivity contribution in [1.29, 1.82) is 0 Å². The van der Waals surface area contributed by atoms with Crippen molar-refractivity contribution in [3.8, 4) is 0 Å². The zero-order valence-electron chi connectivity index (χ0n) is 9.23. The van der Waals surface area contributed by atoms with Gasteiger partial charge in [-0.25, -0.2) is 0 Å². The van der Waals surface area contributed by atoms with Gasteiger partial charge in [-0.1, -0.05) is 6.92 Å². The minimum Gasteiger partial charge on any atom is -0.292 e. The number of carbonyl (C=O) groups is 1. The molecule has 0 spiro atoms. The molecule has 1 rings (SSSR count). The minimum absolute atomic E-state index is 0.304. The van der Waals surface area contributed by atoms with Crippen LogP contribution in [0, 0.1) is 0 Å². The molecule has 14 heavy (non-hydrogen) atoms. The maximum atomic E-state index is 11.5. The molecule has 0 aliphatic rings. The van der Waals surface area contributed by atoms with Crippen LogP contribution in [0.1, 0.15) is 39.7 Å². The van der Waals surface area contributed by atoms with Gasteiger partial charge in [-0.05, 0) is 20.3 Å². The summed E-state index contributed by atoms with van der Waals surface area (Å²) in [6.07, 6.45) is 5.56. The van der Waals surface area contributed by atoms with E-state index in [0.29, 0.717) is 24.8 Å². The maximum Gasteiger partial charge on any atom is 0.229 e. The Balaban J connectivity index is 2.66. The molecule has 3 heteroatoms. The molecule has 0 amide bonds. The molecule has 0 bridgehead atoms. The first kappa shape index (κ1) is 11.0. The lowest BCUT2D eigenvalue weighted by atomic mass is 10.2. The Hall–Kier alpha value is -1.12. The lowest BCUT2D eigenvalue weighted by Crippen LogP contribution is -2.46. The largest absolute Gasteiger partial charge is 0.292 e. The van der Waals surface area contributed by atoms with E-state index in [1.165, 1.54) is 0 Å². The molecule has 0 atom stereocenters. The van der Waals surface area contributed by atoms with Crippen LogP contribution in [-0.4, -0.2) is 10.5 Å². The fraction of sp³-hybridized carbons (Fsp3) is 0.636. The van der Waals surface area contributed by atoms with E-state index < -0.39 is 0 Å². The molecule has 0 aliphatic heterocycles. The van der Waals surface area contributed by atoms with Gasteiger partial charge in [0.1, 0.15) is 0 Å². The first-order valence-electron chi connectivity index (χ1n) is 5.23. The summed E-state index contributed by atoms with van der Waals surface area (Å²) in [6.45, 7) is 6.75. The Morgan fingerprint density at radius 1 is 1.50 bits per heavy atom. The average molecular weight is 195 g/mol. The Morgan fingerprint density at radius 3 is 2.79 bits per heavy atom. The predicted octanol–water partition coefficient (Wildman–Crippen LogP) is 1.73. The van der Waals surface area contributed by atoms with Crippen LogP contribution in [0.15, 0.2) is 18.5 Å². The summed E-state index contributed by atoms with van der Waals surface area (Å²) in [4.78, 5) is 11.5. The molecule has 1 aromatic rings. The molecule has 0 radical (unpaired) electrons. The molecule has 3 nitrogen and oxygen atoms in total. The SMILES string of the molecule is CCCC(=O)C[n+]1cccn1C(C)C. The number of hydrogen-bond donors (Lipinski definition) is 0. The molecule has 1 aromatic heterocycles. The van der Waals surface area contributed by atoms with Crippen LogP contribution in [0.5, 0.6) is 0 Å². The fourth-order valence-electron chi connectivity index (χ4n) is 1.53. The first-order chi connectivity index (χ1) is 6.65. The molecule has 0 saturated heterocycles. The Kier molecular flexibility index (Phi) is 3.86. The van der Waals surface area contributed by atoms with E-state index in [-0.39, 0.29) is 0 Å². The second kappa shape index (κ2) is 4.94. The van der Waals surface area contributed by atoms with Crippen LogP contribution in [0.4, 0.5) is 0 Å². The third-order valence-electron chi connectivity index (χ3n) is 2.19. The number of carbonyl (C=O) groups excluding carboxylic acids is 1. The normalized spacial score (nSPS) is 10.9. The number of nitrogens with zero attached hydrogens (tertiary/aromatic N) is 2. The highest BCUT2D eigenvalue weighted by Crippen LogP contribution is 1.99. The highest BCUT2D eigenvalue weighted by Gasteiger charge is 2.14. The quantitative estimate of drug-likeness (QED) is 0.657. The van der Waals surface area contributed by atoms with Crippen LogP contribution >= 0.6 is 0 Å². The van der Waals surface area contributed by atoms with Gasteiger partial charge in [0.15, 0.2) is 12.0 Å². The predicted molar refractivity (Wildman–Crippen MR) is 54.9 cm³/mol. The summed E-state index contributed by atoms with van der Waals surface area (Å²) >= 11 is 0. The molecule has 0 N–H and O–H groups in total. The summed E-state index contributed by atoms with van der Waals surface area (Å²) in [7, 11) is 0. The van der Waals surface area contributed by atoms with Gasteiger partial charge < -0.3 is 0 Å². The summed E-state index contributed by atoms with van der Waals surface area (Å²) in [6, 6.07) is 2.37. The Labute approximate surface area is 85.3 Å². The van der Waals surface area contributed by atoms with Gasteiger partial charge in [0.2, 0.25) is 6.54 Å². The molecule has 78 valence electrons. The molecule has 0 aliphatic carbocycles. The van der Waals surface area contributed by atoms with Crippen molar-refractivity contribution in [3.63, 3.8) is 0 Å². The lowest BCUT2D eigenvalue weighted by Gasteiger charge is -2.05. The van der Waals surface area contributed by atoms with E-state index in [1.807, 2.05) is 30.1 Å². The number of ketones is 1. The van der Waals surface area contributed by atoms with Gasteiger partial charge in [-0.2, -0.15) is 4.68 Å². The van der Waals surface area contributed by atoms with Crippen molar-refractivity contribution in [3.05, 3.63) is 18.5 Å². The number of hydrogen-bond acceptors (Lipinski definition) is 1. The van der Waals surface area contributed by atoms with Gasteiger partial charge in [-0.3, -0.25) is 4.79 Å². The number of rotatable bonds is 5. The molecule has 1 heterocycles. The zero-order chi connectivity index (χ0) is 10.6. The second-order valence-electron chi connectivity index (χ2n) is 3.85. The van der Waals surface area contributed by atoms with E-state index in [2.05, 4.69) is 18.5 Å². The molecule has 0 unspecified atom stereocenters. The molecule has 0 aromatic carbocycles. The highest BCUT2D eigenvalue weighted by molar-refractivity contribution is 5.76. The van der Waals surface area contributed by atoms with Crippen LogP contribution in [0.3, 0.4) is 0 Å². The highest BCUT2D eigenvalue weighted by atomic mass is 16.1. The van der Waals surface area contributed by atoms with Crippen molar-refractivity contribution in [2.75, 3.05) is 0 Å². The lowest BCUT2D eigenvalue weighted by molar-refractivity contribution is -0.766. The Morgan fingerprint density at radius 2 is 2.21 bits per heavy atom. The summed E-state index contributed by atoms with van der Waals surface area (Å²) in [5, 5.41) is 0. The van der Waals surface area contributed by atoms with E-state index >= 15 is 0 Å². The summed E-state index contributed by atoms with van der Waals surface area (Å²) in [5.41, 5.74) is 0. The third-order valence-corrected chi connectivity index (χ3v) is 2.19. The van der Waals surface area contributed by atoms with E-state index in [1.54, 1.807) is 0 Å². The van der Waals surface area contributed by atoms with E-state index in [0.717, 1.165) is 6.42 Å². The monoisotopic (exact) mass is 195 g/mol. The fourth-order valence-corrected chi connectivity index (χ4v) is 1.53. The van der Waals surface area contributed by atoms with Crippen molar-refractivity contribution in [2.45, 2.75) is 46.2 Å². The number of Topliss-reactive ketones (excluding diaryl/α,β-unsaturated/α-hetero) is 1. The van der Waals surface area contributed by atoms with Crippen molar-refractivity contribution in [1.82, 2.24) is 4.68 Å². The van der Waals surface area contributed by atoms with Gasteiger partial charge in [-0.15, -0.1) is 4.68 Å². The zero-order valence-corrected chi connectivity index (χ0v) is 9.23. The second-order valence-corrected chi connectivity index (χ2v) is 3.85. The number of aromatic nitrogens is 2. The van der Waals surface area contributed by atoms with Gasteiger partial charge >= 0.3 is 0 Å². The Bertz CT molecular complexity index is 302. The molecular formula is C11H19N2O+. The van der Waals surface area contributed by atoms with Crippen LogP contribution < -0.4 is 4.68 Å². The summed E-state index contributed by atoms with van der Waals surface area (Å²) < 4.78 is 4.05. The third kappa shape index (κ3) is 2.69. The topological polar surface area (TPSA) is 25.9 Å². The minimum atomic E-state index is 0.304. The molecule has 0 saturated carbocycles. The van der Waals surface area contributed by atoms with Gasteiger partial charge in [0, 0.05) is 12.5 Å². The summed E-state index contributed by atoms with van der Waals surface area (Å²) in [5.74, 6) is 0.304. The first-order valence-corrected chi connectivity index (χ1v) is 5.23. The van der Waals surface area contributed by atoms with Crippen molar-refractivity contribution < 1.29 is 9.48 Å². The maximum absolute atomic E-state index is 11.5. The smallest absolute Gasteiger partial charge is 0.229 e. The molecular weight excluding hydrogens is 176 g/mol. The van der Waals surface area contributed by atoms with Crippen molar-refractivity contribution >= 4 is 5.78 Å². The van der Waals surface area contributed by atoms with Crippen LogP contribution in [0.25, 0.3) is 0 Å². The van der Waals surface area contributed by atoms with Gasteiger partial charge in [0.05, 0.1) is 12.2 Å². The van der Waals surface area contributed by atoms with Crippen LogP contribution in [0.2, 0.25) is 0 Å². The average Bonchev–Trinajstić information content (AvgIpc) is 2.52. The van der Waals surface area contributed by atoms with E-state index in [9.17, 15) is 4.79 Å². The van der Waals surface area contributed by atoms with Gasteiger partial charge in [0.25, 0.3) is 0 Å². The molecule has 0 fully saturated rings. The van der Waals surface area contributed by atoms with Crippen LogP contribution in [-0.2, 0) is 11.3 Å².